The molecular weight excluding hydrogens is 378 g/mol. The van der Waals surface area contributed by atoms with E-state index < -0.39 is 0 Å². The van der Waals surface area contributed by atoms with E-state index in [4.69, 9.17) is 4.74 Å². The third-order valence-corrected chi connectivity index (χ3v) is 5.03. The topological polar surface area (TPSA) is 81.1 Å². The SMILES string of the molecule is Cc1ccc(OCCCC(=O)Nc2nc(C3CCNCC3)nn2C)cc1C.Cl. The molecular formula is C20H30ClN5O2. The second kappa shape index (κ2) is 10.4. The number of carbonyl (C=O) groups is 1. The number of anilines is 1. The fourth-order valence-electron chi connectivity index (χ4n) is 3.18. The van der Waals surface area contributed by atoms with Gasteiger partial charge in [0.05, 0.1) is 6.61 Å². The summed E-state index contributed by atoms with van der Waals surface area (Å²) in [5, 5.41) is 10.7. The van der Waals surface area contributed by atoms with Crippen LogP contribution in [0.2, 0.25) is 0 Å². The zero-order chi connectivity index (χ0) is 19.2. The van der Waals surface area contributed by atoms with Gasteiger partial charge in [0, 0.05) is 19.4 Å². The van der Waals surface area contributed by atoms with Crippen molar-refractivity contribution in [1.82, 2.24) is 20.1 Å². The van der Waals surface area contributed by atoms with Gasteiger partial charge in [0.15, 0.2) is 5.82 Å². The van der Waals surface area contributed by atoms with Crippen LogP contribution in [-0.2, 0) is 11.8 Å². The Morgan fingerprint density at radius 2 is 2.04 bits per heavy atom. The molecule has 1 amide bonds. The molecule has 7 nitrogen and oxygen atoms in total. The highest BCUT2D eigenvalue weighted by Crippen LogP contribution is 2.23. The largest absolute Gasteiger partial charge is 0.494 e. The molecule has 28 heavy (non-hydrogen) atoms. The maximum Gasteiger partial charge on any atom is 0.227 e. The Kier molecular flexibility index (Phi) is 8.26. The molecule has 3 rings (SSSR count). The fraction of sp³-hybridized carbons (Fsp3) is 0.550. The number of carbonyl (C=O) groups excluding carboxylic acids is 1. The summed E-state index contributed by atoms with van der Waals surface area (Å²) in [4.78, 5) is 16.7. The highest BCUT2D eigenvalue weighted by atomic mass is 35.5. The molecule has 1 aliphatic heterocycles. The molecule has 0 bridgehead atoms. The van der Waals surface area contributed by atoms with Gasteiger partial charge < -0.3 is 10.1 Å². The first-order chi connectivity index (χ1) is 13.0. The van der Waals surface area contributed by atoms with E-state index in [-0.39, 0.29) is 18.3 Å². The van der Waals surface area contributed by atoms with Crippen LogP contribution in [0.4, 0.5) is 5.95 Å². The molecule has 1 fully saturated rings. The number of nitrogens with one attached hydrogen (secondary N) is 2. The Bertz CT molecular complexity index is 787. The lowest BCUT2D eigenvalue weighted by atomic mass is 9.98. The van der Waals surface area contributed by atoms with Crippen molar-refractivity contribution < 1.29 is 9.53 Å². The van der Waals surface area contributed by atoms with Crippen LogP contribution in [0.5, 0.6) is 5.75 Å². The maximum atomic E-state index is 12.2. The van der Waals surface area contributed by atoms with Crippen LogP contribution in [0.1, 0.15) is 48.6 Å². The summed E-state index contributed by atoms with van der Waals surface area (Å²) in [5.74, 6) is 2.50. The van der Waals surface area contributed by atoms with E-state index in [2.05, 4.69) is 34.6 Å². The number of nitrogens with zero attached hydrogens (tertiary/aromatic N) is 3. The van der Waals surface area contributed by atoms with E-state index in [1.54, 1.807) is 4.68 Å². The molecule has 2 heterocycles. The molecule has 0 atom stereocenters. The molecule has 8 heteroatoms. The van der Waals surface area contributed by atoms with Crippen molar-refractivity contribution in [2.75, 3.05) is 25.0 Å². The Morgan fingerprint density at radius 1 is 1.29 bits per heavy atom. The second-order valence-corrected chi connectivity index (χ2v) is 7.19. The van der Waals surface area contributed by atoms with Crippen LogP contribution in [0.3, 0.4) is 0 Å². The average Bonchev–Trinajstić information content (AvgIpc) is 3.03. The standard InChI is InChI=1S/C20H29N5O2.ClH/c1-14-6-7-17(13-15(14)2)27-12-4-5-18(26)22-20-23-19(24-25(20)3)16-8-10-21-11-9-16;/h6-7,13,16,21H,4-5,8-12H2,1-3H3,(H,22,23,24,26);1H. The van der Waals surface area contributed by atoms with Gasteiger partial charge in [0.1, 0.15) is 5.75 Å². The summed E-state index contributed by atoms with van der Waals surface area (Å²) < 4.78 is 7.38. The first-order valence-electron chi connectivity index (χ1n) is 9.64. The van der Waals surface area contributed by atoms with E-state index in [9.17, 15) is 4.79 Å². The summed E-state index contributed by atoms with van der Waals surface area (Å²) >= 11 is 0. The van der Waals surface area contributed by atoms with Gasteiger partial charge >= 0.3 is 0 Å². The summed E-state index contributed by atoms with van der Waals surface area (Å²) in [6.07, 6.45) is 3.11. The highest BCUT2D eigenvalue weighted by Gasteiger charge is 2.21. The maximum absolute atomic E-state index is 12.2. The molecule has 1 aromatic heterocycles. The number of hydrogen-bond acceptors (Lipinski definition) is 5. The number of aryl methyl sites for hydroxylation is 3. The zero-order valence-corrected chi connectivity index (χ0v) is 17.6. The van der Waals surface area contributed by atoms with Crippen LogP contribution >= 0.6 is 12.4 Å². The van der Waals surface area contributed by atoms with E-state index >= 15 is 0 Å². The monoisotopic (exact) mass is 407 g/mol. The number of aromatic nitrogens is 3. The van der Waals surface area contributed by atoms with Gasteiger partial charge in [-0.2, -0.15) is 10.1 Å². The first kappa shape index (κ1) is 22.2. The molecule has 2 aromatic rings. The van der Waals surface area contributed by atoms with Crippen molar-refractivity contribution in [3.8, 4) is 5.75 Å². The summed E-state index contributed by atoms with van der Waals surface area (Å²) in [6.45, 7) is 6.63. The summed E-state index contributed by atoms with van der Waals surface area (Å²) in [7, 11) is 1.82. The number of benzene rings is 1. The third-order valence-electron chi connectivity index (χ3n) is 5.03. The van der Waals surface area contributed by atoms with Crippen LogP contribution in [0, 0.1) is 13.8 Å². The minimum absolute atomic E-state index is 0. The molecule has 1 aromatic carbocycles. The van der Waals surface area contributed by atoms with Crippen LogP contribution in [0.25, 0.3) is 0 Å². The minimum atomic E-state index is -0.0638. The van der Waals surface area contributed by atoms with Crippen molar-refractivity contribution in [2.24, 2.45) is 7.05 Å². The Balaban J connectivity index is 0.00000280. The Morgan fingerprint density at radius 3 is 2.75 bits per heavy atom. The van der Waals surface area contributed by atoms with Gasteiger partial charge in [-0.1, -0.05) is 6.07 Å². The lowest BCUT2D eigenvalue weighted by Gasteiger charge is -2.19. The molecule has 1 aliphatic rings. The van der Waals surface area contributed by atoms with Crippen molar-refractivity contribution in [3.63, 3.8) is 0 Å². The molecule has 2 N–H and O–H groups in total. The minimum Gasteiger partial charge on any atom is -0.494 e. The van der Waals surface area contributed by atoms with Crippen LogP contribution in [0.15, 0.2) is 18.2 Å². The molecule has 0 unspecified atom stereocenters. The molecule has 0 radical (unpaired) electrons. The molecule has 1 saturated heterocycles. The number of halogens is 1. The lowest BCUT2D eigenvalue weighted by molar-refractivity contribution is -0.116. The molecule has 0 spiro atoms. The van der Waals surface area contributed by atoms with Gasteiger partial charge in [-0.15, -0.1) is 12.4 Å². The summed E-state index contributed by atoms with van der Waals surface area (Å²) in [6, 6.07) is 6.03. The van der Waals surface area contributed by atoms with Gasteiger partial charge in [-0.05, 0) is 69.5 Å². The fourth-order valence-corrected chi connectivity index (χ4v) is 3.18. The van der Waals surface area contributed by atoms with E-state index in [1.165, 1.54) is 11.1 Å². The Labute approximate surface area is 172 Å². The van der Waals surface area contributed by atoms with E-state index in [0.717, 1.165) is 37.5 Å². The smallest absolute Gasteiger partial charge is 0.227 e. The van der Waals surface area contributed by atoms with Gasteiger partial charge in [-0.25, -0.2) is 4.68 Å². The Hall–Kier alpha value is -2.12. The zero-order valence-electron chi connectivity index (χ0n) is 16.8. The van der Waals surface area contributed by atoms with Crippen molar-refractivity contribution in [1.29, 1.82) is 0 Å². The quantitative estimate of drug-likeness (QED) is 0.689. The highest BCUT2D eigenvalue weighted by molar-refractivity contribution is 5.88. The van der Waals surface area contributed by atoms with Gasteiger partial charge in [0.25, 0.3) is 0 Å². The van der Waals surface area contributed by atoms with E-state index in [1.807, 2.05) is 25.2 Å². The predicted molar refractivity (Wildman–Crippen MR) is 112 cm³/mol. The van der Waals surface area contributed by atoms with Crippen molar-refractivity contribution in [3.05, 3.63) is 35.2 Å². The van der Waals surface area contributed by atoms with Crippen LogP contribution < -0.4 is 15.4 Å². The first-order valence-corrected chi connectivity index (χ1v) is 9.64. The van der Waals surface area contributed by atoms with Crippen molar-refractivity contribution in [2.45, 2.75) is 45.4 Å². The molecule has 0 saturated carbocycles. The number of amides is 1. The number of rotatable bonds is 7. The lowest BCUT2D eigenvalue weighted by Crippen LogP contribution is -2.27. The van der Waals surface area contributed by atoms with E-state index in [0.29, 0.717) is 31.3 Å². The van der Waals surface area contributed by atoms with Crippen LogP contribution in [-0.4, -0.2) is 40.4 Å². The van der Waals surface area contributed by atoms with Gasteiger partial charge in [-0.3, -0.25) is 10.1 Å². The van der Waals surface area contributed by atoms with Crippen molar-refractivity contribution >= 4 is 24.3 Å². The average molecular weight is 408 g/mol. The van der Waals surface area contributed by atoms with Gasteiger partial charge in [0.2, 0.25) is 11.9 Å². The molecule has 0 aliphatic carbocycles. The summed E-state index contributed by atoms with van der Waals surface area (Å²) in [5.41, 5.74) is 2.45. The number of ether oxygens (including phenoxy) is 1. The third kappa shape index (κ3) is 5.94. The predicted octanol–water partition coefficient (Wildman–Crippen LogP) is 3.12. The number of piperidine rings is 1. The number of hydrogen-bond donors (Lipinski definition) is 2. The normalized spacial score (nSPS) is 14.4. The molecule has 154 valence electrons. The second-order valence-electron chi connectivity index (χ2n) is 7.19.